The summed E-state index contributed by atoms with van der Waals surface area (Å²) in [5.74, 6) is 0.469. The lowest BCUT2D eigenvalue weighted by atomic mass is 9.83. The van der Waals surface area contributed by atoms with Gasteiger partial charge in [-0.25, -0.2) is 4.68 Å². The summed E-state index contributed by atoms with van der Waals surface area (Å²) >= 11 is 0. The first-order valence-corrected chi connectivity index (χ1v) is 8.29. The molecule has 1 aliphatic carbocycles. The fourth-order valence-corrected chi connectivity index (χ4v) is 3.60. The second-order valence-electron chi connectivity index (χ2n) is 6.67. The number of rotatable bonds is 1. The highest BCUT2D eigenvalue weighted by Gasteiger charge is 2.26. The molecule has 3 heteroatoms. The van der Waals surface area contributed by atoms with E-state index in [0.717, 1.165) is 17.8 Å². The minimum absolute atomic E-state index is 0.279. The summed E-state index contributed by atoms with van der Waals surface area (Å²) in [5, 5.41) is 9.03. The molecule has 1 heterocycles. The number of benzene rings is 2. The van der Waals surface area contributed by atoms with Crippen LogP contribution in [0.15, 0.2) is 48.5 Å². The number of nitrogens with zero attached hydrogens (tertiary/aromatic N) is 3. The molecule has 4 rings (SSSR count). The predicted molar refractivity (Wildman–Crippen MR) is 93.4 cm³/mol. The van der Waals surface area contributed by atoms with Crippen molar-refractivity contribution >= 4 is 0 Å². The molecule has 1 aliphatic rings. The summed E-state index contributed by atoms with van der Waals surface area (Å²) < 4.78 is 2.06. The smallest absolute Gasteiger partial charge is 0.121 e. The highest BCUT2D eigenvalue weighted by molar-refractivity contribution is 5.82. The van der Waals surface area contributed by atoms with Gasteiger partial charge in [0, 0.05) is 17.2 Å². The average molecular weight is 303 g/mol. The minimum atomic E-state index is 0.279. The van der Waals surface area contributed by atoms with Gasteiger partial charge >= 0.3 is 0 Å². The van der Waals surface area contributed by atoms with Crippen molar-refractivity contribution < 1.29 is 0 Å². The van der Waals surface area contributed by atoms with Gasteiger partial charge in [-0.15, -0.1) is 5.10 Å². The Balaban J connectivity index is 2.10. The lowest BCUT2D eigenvalue weighted by Crippen LogP contribution is -2.10. The first-order chi connectivity index (χ1) is 11.2. The van der Waals surface area contributed by atoms with Crippen LogP contribution in [0.25, 0.3) is 22.5 Å². The van der Waals surface area contributed by atoms with Gasteiger partial charge in [-0.3, -0.25) is 0 Å². The molecule has 0 saturated heterocycles. The van der Waals surface area contributed by atoms with Crippen LogP contribution in [0.2, 0.25) is 0 Å². The minimum Gasteiger partial charge on any atom is -0.242 e. The Morgan fingerprint density at radius 3 is 2.48 bits per heavy atom. The summed E-state index contributed by atoms with van der Waals surface area (Å²) in [4.78, 5) is 0. The Morgan fingerprint density at radius 2 is 1.70 bits per heavy atom. The quantitative estimate of drug-likeness (QED) is 0.643. The van der Waals surface area contributed by atoms with Crippen molar-refractivity contribution in [2.45, 2.75) is 39.2 Å². The van der Waals surface area contributed by atoms with Crippen molar-refractivity contribution in [3.05, 3.63) is 59.7 Å². The Labute approximate surface area is 137 Å². The molecule has 3 nitrogen and oxygen atoms in total. The van der Waals surface area contributed by atoms with Crippen molar-refractivity contribution in [1.82, 2.24) is 15.0 Å². The van der Waals surface area contributed by atoms with Crippen LogP contribution in [0.5, 0.6) is 0 Å². The van der Waals surface area contributed by atoms with Crippen LogP contribution >= 0.6 is 0 Å². The molecule has 0 amide bonds. The van der Waals surface area contributed by atoms with Gasteiger partial charge in [0.25, 0.3) is 0 Å². The third-order valence-electron chi connectivity index (χ3n) is 4.73. The van der Waals surface area contributed by atoms with Gasteiger partial charge in [-0.05, 0) is 37.3 Å². The van der Waals surface area contributed by atoms with E-state index in [2.05, 4.69) is 84.3 Å². The highest BCUT2D eigenvalue weighted by Crippen LogP contribution is 2.41. The molecule has 116 valence electrons. The van der Waals surface area contributed by atoms with Gasteiger partial charge in [0.15, 0.2) is 0 Å². The largest absolute Gasteiger partial charge is 0.242 e. The van der Waals surface area contributed by atoms with E-state index in [1.54, 1.807) is 0 Å². The number of hydrogen-bond donors (Lipinski definition) is 0. The van der Waals surface area contributed by atoms with Crippen LogP contribution < -0.4 is 0 Å². The van der Waals surface area contributed by atoms with E-state index in [1.807, 2.05) is 0 Å². The topological polar surface area (TPSA) is 30.7 Å². The summed E-state index contributed by atoms with van der Waals surface area (Å²) in [7, 11) is 0. The zero-order chi connectivity index (χ0) is 16.0. The van der Waals surface area contributed by atoms with E-state index in [9.17, 15) is 0 Å². The zero-order valence-electron chi connectivity index (χ0n) is 13.8. The molecule has 1 unspecified atom stereocenters. The molecule has 2 aromatic carbocycles. The maximum atomic E-state index is 4.56. The molecule has 0 fully saturated rings. The van der Waals surface area contributed by atoms with Crippen LogP contribution in [0, 0.1) is 0 Å². The van der Waals surface area contributed by atoms with E-state index < -0.39 is 0 Å². The van der Waals surface area contributed by atoms with Gasteiger partial charge in [0.1, 0.15) is 5.69 Å². The first-order valence-electron chi connectivity index (χ1n) is 8.29. The fraction of sp³-hybridized carbons (Fsp3) is 0.300. The van der Waals surface area contributed by atoms with Gasteiger partial charge in [0.05, 0.1) is 5.69 Å². The third kappa shape index (κ3) is 2.19. The van der Waals surface area contributed by atoms with Crippen molar-refractivity contribution in [2.24, 2.45) is 0 Å². The lowest BCUT2D eigenvalue weighted by molar-refractivity contribution is 0.519. The molecular formula is C20H21N3. The SMILES string of the molecule is CC1Cc2ccccc2-c2nnn(C(C)C)c2-c2ccccc21. The van der Waals surface area contributed by atoms with E-state index in [-0.39, 0.29) is 6.04 Å². The van der Waals surface area contributed by atoms with Crippen molar-refractivity contribution in [3.8, 4) is 22.5 Å². The van der Waals surface area contributed by atoms with Crippen LogP contribution in [-0.4, -0.2) is 15.0 Å². The van der Waals surface area contributed by atoms with Crippen LogP contribution in [0.4, 0.5) is 0 Å². The van der Waals surface area contributed by atoms with Crippen LogP contribution in [0.3, 0.4) is 0 Å². The molecule has 23 heavy (non-hydrogen) atoms. The summed E-state index contributed by atoms with van der Waals surface area (Å²) in [6.07, 6.45) is 1.03. The van der Waals surface area contributed by atoms with Crippen LogP contribution in [0.1, 0.15) is 43.9 Å². The fourth-order valence-electron chi connectivity index (χ4n) is 3.60. The van der Waals surface area contributed by atoms with Gasteiger partial charge in [-0.1, -0.05) is 60.7 Å². The second kappa shape index (κ2) is 5.34. The standard InChI is InChI=1S/C20H21N3/c1-13(2)23-20-18-11-7-6-9-16(18)14(3)12-15-8-4-5-10-17(15)19(20)21-22-23/h4-11,13-14H,12H2,1-3H3. The number of aromatic nitrogens is 3. The molecule has 0 radical (unpaired) electrons. The second-order valence-corrected chi connectivity index (χ2v) is 6.67. The number of hydrogen-bond acceptors (Lipinski definition) is 2. The van der Waals surface area contributed by atoms with Crippen molar-refractivity contribution in [2.75, 3.05) is 0 Å². The maximum Gasteiger partial charge on any atom is 0.121 e. The average Bonchev–Trinajstić information content (AvgIpc) is 2.98. The Morgan fingerprint density at radius 1 is 1.00 bits per heavy atom. The summed E-state index contributed by atoms with van der Waals surface area (Å²) in [5.41, 5.74) is 7.38. The van der Waals surface area contributed by atoms with Crippen molar-refractivity contribution in [3.63, 3.8) is 0 Å². The monoisotopic (exact) mass is 303 g/mol. The van der Waals surface area contributed by atoms with Gasteiger partial charge in [-0.2, -0.15) is 0 Å². The van der Waals surface area contributed by atoms with Gasteiger partial charge < -0.3 is 0 Å². The summed E-state index contributed by atoms with van der Waals surface area (Å²) in [6.45, 7) is 6.63. The summed E-state index contributed by atoms with van der Waals surface area (Å²) in [6, 6.07) is 17.6. The zero-order valence-corrected chi connectivity index (χ0v) is 13.8. The van der Waals surface area contributed by atoms with Crippen LogP contribution in [-0.2, 0) is 6.42 Å². The molecule has 1 aromatic heterocycles. The Bertz CT molecular complexity index is 861. The lowest BCUT2D eigenvalue weighted by Gasteiger charge is -2.23. The molecule has 0 saturated carbocycles. The van der Waals surface area contributed by atoms with E-state index >= 15 is 0 Å². The van der Waals surface area contributed by atoms with Gasteiger partial charge in [0.2, 0.25) is 0 Å². The molecule has 0 aliphatic heterocycles. The highest BCUT2D eigenvalue weighted by atomic mass is 15.4. The molecule has 3 aromatic rings. The molecule has 0 N–H and O–H groups in total. The number of fused-ring (bicyclic) bond motifs is 5. The maximum absolute atomic E-state index is 4.56. The van der Waals surface area contributed by atoms with E-state index in [1.165, 1.54) is 22.3 Å². The Kier molecular flexibility index (Phi) is 3.29. The van der Waals surface area contributed by atoms with E-state index in [0.29, 0.717) is 5.92 Å². The molecule has 0 bridgehead atoms. The molecular weight excluding hydrogens is 282 g/mol. The van der Waals surface area contributed by atoms with E-state index in [4.69, 9.17) is 0 Å². The molecule has 1 atom stereocenters. The normalized spacial score (nSPS) is 16.3. The molecule has 0 spiro atoms. The predicted octanol–water partition coefficient (Wildman–Crippen LogP) is 4.85. The van der Waals surface area contributed by atoms with Crippen molar-refractivity contribution in [1.29, 1.82) is 0 Å². The first kappa shape index (κ1) is 14.2. The Hall–Kier alpha value is -2.42. The third-order valence-corrected chi connectivity index (χ3v) is 4.73.